The number of nitrogens with zero attached hydrogens (tertiary/aromatic N) is 1. The van der Waals surface area contributed by atoms with Gasteiger partial charge in [-0.3, -0.25) is 19.3 Å². The number of hydrogen-bond donors (Lipinski definition) is 1. The van der Waals surface area contributed by atoms with Crippen molar-refractivity contribution in [3.05, 3.63) is 0 Å². The third-order valence-corrected chi connectivity index (χ3v) is 4.18. The molecular weight excluding hydrogens is 266 g/mol. The molecule has 1 N–H and O–H groups in total. The van der Waals surface area contributed by atoms with Crippen molar-refractivity contribution in [2.45, 2.75) is 39.0 Å². The highest BCUT2D eigenvalue weighted by Crippen LogP contribution is 2.20. The number of hydrogen-bond acceptors (Lipinski definition) is 4. The molecule has 1 unspecified atom stereocenters. The SMILES string of the molecule is CCCC(CCC(=O)O)CCN1C(=O)CSCC1=O. The highest BCUT2D eigenvalue weighted by atomic mass is 32.2. The van der Waals surface area contributed by atoms with E-state index in [2.05, 4.69) is 6.92 Å². The number of carboxylic acid groups (broad SMARTS) is 1. The molecule has 0 spiro atoms. The van der Waals surface area contributed by atoms with Gasteiger partial charge in [0.15, 0.2) is 0 Å². The molecule has 2 amide bonds. The van der Waals surface area contributed by atoms with Gasteiger partial charge in [0, 0.05) is 13.0 Å². The van der Waals surface area contributed by atoms with Crippen molar-refractivity contribution in [1.29, 1.82) is 0 Å². The molecule has 5 nitrogen and oxygen atoms in total. The molecule has 0 bridgehead atoms. The summed E-state index contributed by atoms with van der Waals surface area (Å²) in [5.41, 5.74) is 0. The minimum Gasteiger partial charge on any atom is -0.481 e. The Labute approximate surface area is 117 Å². The van der Waals surface area contributed by atoms with Gasteiger partial charge in [0.1, 0.15) is 0 Å². The van der Waals surface area contributed by atoms with Crippen LogP contribution in [0, 0.1) is 5.92 Å². The first kappa shape index (κ1) is 16.0. The van der Waals surface area contributed by atoms with Crippen LogP contribution in [0.15, 0.2) is 0 Å². The van der Waals surface area contributed by atoms with Crippen molar-refractivity contribution in [3.63, 3.8) is 0 Å². The van der Waals surface area contributed by atoms with E-state index in [0.29, 0.717) is 30.9 Å². The second kappa shape index (κ2) is 8.19. The number of imide groups is 1. The molecule has 1 heterocycles. The standard InChI is InChI=1S/C13H21NO4S/c1-2-3-10(4-5-13(17)18)6-7-14-11(15)8-19-9-12(14)16/h10H,2-9H2,1H3,(H,17,18). The van der Waals surface area contributed by atoms with Gasteiger partial charge in [-0.15, -0.1) is 11.8 Å². The Morgan fingerprint density at radius 1 is 1.26 bits per heavy atom. The van der Waals surface area contributed by atoms with Crippen LogP contribution in [0.2, 0.25) is 0 Å². The highest BCUT2D eigenvalue weighted by Gasteiger charge is 2.26. The second-order valence-corrected chi connectivity index (χ2v) is 5.79. The maximum absolute atomic E-state index is 11.6. The van der Waals surface area contributed by atoms with Crippen LogP contribution < -0.4 is 0 Å². The average Bonchev–Trinajstić information content (AvgIpc) is 2.35. The zero-order valence-electron chi connectivity index (χ0n) is 11.3. The lowest BCUT2D eigenvalue weighted by molar-refractivity contribution is -0.143. The molecule has 1 rings (SSSR count). The molecule has 6 heteroatoms. The number of thioether (sulfide) groups is 1. The monoisotopic (exact) mass is 287 g/mol. The van der Waals surface area contributed by atoms with Crippen molar-refractivity contribution in [2.75, 3.05) is 18.1 Å². The Morgan fingerprint density at radius 2 is 1.89 bits per heavy atom. The van der Waals surface area contributed by atoms with E-state index in [1.807, 2.05) is 0 Å². The van der Waals surface area contributed by atoms with E-state index in [9.17, 15) is 14.4 Å². The Hall–Kier alpha value is -1.04. The van der Waals surface area contributed by atoms with Crippen LogP contribution in [0.5, 0.6) is 0 Å². The summed E-state index contributed by atoms with van der Waals surface area (Å²) in [5.74, 6) is 0.00176. The van der Waals surface area contributed by atoms with Crippen molar-refractivity contribution in [3.8, 4) is 0 Å². The van der Waals surface area contributed by atoms with Gasteiger partial charge in [0.05, 0.1) is 11.5 Å². The molecule has 19 heavy (non-hydrogen) atoms. The van der Waals surface area contributed by atoms with Gasteiger partial charge in [0.2, 0.25) is 11.8 Å². The quantitative estimate of drug-likeness (QED) is 0.689. The number of carboxylic acids is 1. The summed E-state index contributed by atoms with van der Waals surface area (Å²) in [6.07, 6.45) is 3.42. The molecular formula is C13H21NO4S. The number of rotatable bonds is 8. The van der Waals surface area contributed by atoms with Crippen molar-refractivity contribution in [1.82, 2.24) is 4.90 Å². The zero-order valence-corrected chi connectivity index (χ0v) is 12.1. The molecule has 0 radical (unpaired) electrons. The van der Waals surface area contributed by atoms with E-state index in [1.165, 1.54) is 16.7 Å². The van der Waals surface area contributed by atoms with Gasteiger partial charge in [-0.25, -0.2) is 0 Å². The molecule has 1 saturated heterocycles. The van der Waals surface area contributed by atoms with Crippen molar-refractivity contribution < 1.29 is 19.5 Å². The van der Waals surface area contributed by atoms with Crippen LogP contribution in [0.1, 0.15) is 39.0 Å². The predicted octanol–water partition coefficient (Wildman–Crippen LogP) is 1.76. The summed E-state index contributed by atoms with van der Waals surface area (Å²) in [6.45, 7) is 2.49. The average molecular weight is 287 g/mol. The van der Waals surface area contributed by atoms with E-state index in [0.717, 1.165) is 12.8 Å². The molecule has 1 aliphatic heterocycles. The Morgan fingerprint density at radius 3 is 2.42 bits per heavy atom. The molecule has 0 aliphatic carbocycles. The van der Waals surface area contributed by atoms with Gasteiger partial charge in [0.25, 0.3) is 0 Å². The molecule has 0 saturated carbocycles. The van der Waals surface area contributed by atoms with Crippen molar-refractivity contribution >= 4 is 29.5 Å². The molecule has 1 fully saturated rings. The Bertz CT molecular complexity index is 330. The smallest absolute Gasteiger partial charge is 0.303 e. The zero-order chi connectivity index (χ0) is 14.3. The molecule has 0 aromatic carbocycles. The van der Waals surface area contributed by atoms with Gasteiger partial charge in [-0.2, -0.15) is 0 Å². The first-order chi connectivity index (χ1) is 9.04. The van der Waals surface area contributed by atoms with E-state index < -0.39 is 5.97 Å². The summed E-state index contributed by atoms with van der Waals surface area (Å²) in [7, 11) is 0. The van der Waals surface area contributed by atoms with Gasteiger partial charge >= 0.3 is 5.97 Å². The Balaban J connectivity index is 2.43. The van der Waals surface area contributed by atoms with Crippen LogP contribution in [0.4, 0.5) is 0 Å². The molecule has 1 atom stereocenters. The largest absolute Gasteiger partial charge is 0.481 e. The lowest BCUT2D eigenvalue weighted by atomic mass is 9.94. The van der Waals surface area contributed by atoms with Crippen LogP contribution >= 0.6 is 11.8 Å². The lowest BCUT2D eigenvalue weighted by Crippen LogP contribution is -2.43. The minimum atomic E-state index is -0.789. The van der Waals surface area contributed by atoms with Crippen LogP contribution in [0.3, 0.4) is 0 Å². The van der Waals surface area contributed by atoms with Crippen LogP contribution in [-0.4, -0.2) is 45.8 Å². The number of carbonyl (C=O) groups excluding carboxylic acids is 2. The normalized spacial score (nSPS) is 17.6. The van der Waals surface area contributed by atoms with E-state index in [-0.39, 0.29) is 24.2 Å². The molecule has 1 aliphatic rings. The highest BCUT2D eigenvalue weighted by molar-refractivity contribution is 8.00. The third kappa shape index (κ3) is 5.63. The maximum Gasteiger partial charge on any atom is 0.303 e. The molecule has 0 aromatic rings. The summed E-state index contributed by atoms with van der Waals surface area (Å²) in [6, 6.07) is 0. The first-order valence-corrected chi connectivity index (χ1v) is 7.82. The fraction of sp³-hybridized carbons (Fsp3) is 0.769. The lowest BCUT2D eigenvalue weighted by Gasteiger charge is -2.26. The second-order valence-electron chi connectivity index (χ2n) is 4.81. The van der Waals surface area contributed by atoms with E-state index in [1.54, 1.807) is 0 Å². The first-order valence-electron chi connectivity index (χ1n) is 6.67. The van der Waals surface area contributed by atoms with Gasteiger partial charge in [-0.05, 0) is 18.8 Å². The number of carbonyl (C=O) groups is 3. The van der Waals surface area contributed by atoms with Crippen molar-refractivity contribution in [2.24, 2.45) is 5.92 Å². The molecule has 0 aromatic heterocycles. The molecule has 108 valence electrons. The number of amides is 2. The summed E-state index contributed by atoms with van der Waals surface area (Å²) < 4.78 is 0. The van der Waals surface area contributed by atoms with Gasteiger partial charge < -0.3 is 5.11 Å². The van der Waals surface area contributed by atoms with Crippen LogP contribution in [0.25, 0.3) is 0 Å². The van der Waals surface area contributed by atoms with Crippen LogP contribution in [-0.2, 0) is 14.4 Å². The summed E-state index contributed by atoms with van der Waals surface area (Å²) >= 11 is 1.36. The Kier molecular flexibility index (Phi) is 6.91. The third-order valence-electron chi connectivity index (χ3n) is 3.28. The fourth-order valence-electron chi connectivity index (χ4n) is 2.25. The summed E-state index contributed by atoms with van der Waals surface area (Å²) in [5, 5.41) is 8.71. The number of aliphatic carboxylic acids is 1. The predicted molar refractivity (Wildman–Crippen MR) is 73.9 cm³/mol. The fourth-order valence-corrected chi connectivity index (χ4v) is 3.01. The van der Waals surface area contributed by atoms with E-state index in [4.69, 9.17) is 5.11 Å². The van der Waals surface area contributed by atoms with E-state index >= 15 is 0 Å². The topological polar surface area (TPSA) is 74.7 Å². The summed E-state index contributed by atoms with van der Waals surface area (Å²) in [4.78, 5) is 35.2. The maximum atomic E-state index is 11.6. The minimum absolute atomic E-state index is 0.116. The van der Waals surface area contributed by atoms with Gasteiger partial charge in [-0.1, -0.05) is 19.8 Å².